The minimum atomic E-state index is -0.957. The number of aromatic nitrogens is 2. The number of alkyl carbamates (subject to hydrolysis) is 1. The van der Waals surface area contributed by atoms with Crippen molar-refractivity contribution >= 4 is 34.8 Å². The first kappa shape index (κ1) is 38.0. The first-order valence-electron chi connectivity index (χ1n) is 16.8. The number of rotatable bonds is 17. The second-order valence-corrected chi connectivity index (χ2v) is 15.1. The van der Waals surface area contributed by atoms with Crippen LogP contribution in [0.2, 0.25) is 0 Å². The molecule has 4 aromatic rings. The zero-order chi connectivity index (χ0) is 35.3. The SMILES string of the molecule is CC(C)c1nc(CN(C)C(=O)N[C@@H](C(C)C)C(N)[C@@H](Cc2ccccc2)C[C@H](O)[C@H](Cc2ccccc2)NC(=O)OCc2cncs2)cs1. The van der Waals surface area contributed by atoms with E-state index in [1.807, 2.05) is 79.9 Å². The summed E-state index contributed by atoms with van der Waals surface area (Å²) in [5.74, 6) is 0.0976. The molecule has 0 bridgehead atoms. The minimum Gasteiger partial charge on any atom is -0.444 e. The molecule has 2 heterocycles. The topological polar surface area (TPSA) is 143 Å². The average Bonchev–Trinajstić information content (AvgIpc) is 3.79. The summed E-state index contributed by atoms with van der Waals surface area (Å²) in [5, 5.41) is 21.0. The molecule has 5 N–H and O–H groups in total. The number of hydrogen-bond donors (Lipinski definition) is 4. The summed E-state index contributed by atoms with van der Waals surface area (Å²) in [5.41, 5.74) is 11.7. The minimum absolute atomic E-state index is 0.00884. The predicted molar refractivity (Wildman–Crippen MR) is 196 cm³/mol. The maximum atomic E-state index is 13.5. The van der Waals surface area contributed by atoms with Crippen LogP contribution in [0.4, 0.5) is 9.59 Å². The average molecular weight is 707 g/mol. The zero-order valence-corrected chi connectivity index (χ0v) is 30.6. The Bertz CT molecular complexity index is 1550. The number of aliphatic hydroxyl groups excluding tert-OH is 1. The summed E-state index contributed by atoms with van der Waals surface area (Å²) in [6.07, 6.45) is 1.35. The molecule has 0 aliphatic rings. The number of hydrogen-bond acceptors (Lipinski definition) is 9. The highest BCUT2D eigenvalue weighted by Crippen LogP contribution is 2.25. The highest BCUT2D eigenvalue weighted by Gasteiger charge is 2.34. The molecule has 3 amide bonds. The lowest BCUT2D eigenvalue weighted by molar-refractivity contribution is 0.0779. The van der Waals surface area contributed by atoms with Crippen LogP contribution in [0.25, 0.3) is 0 Å². The molecule has 0 aliphatic heterocycles. The first-order chi connectivity index (χ1) is 23.5. The summed E-state index contributed by atoms with van der Waals surface area (Å²) in [6, 6.07) is 17.9. The standard InChI is InChI=1S/C37H50N6O4S2/c1-24(2)34(42-36(45)43(5)20-29-22-48-35(40-29)25(3)4)33(38)28(16-26-12-8-6-9-13-26)18-32(44)31(17-27-14-10-7-11-15-27)41-37(46)47-21-30-19-39-23-49-30/h6-15,19,22-25,28,31-34,44H,16-18,20-21,38H2,1-5H3,(H,41,46)(H,42,45)/t28-,31-,32-,33?,34-/m0/s1. The van der Waals surface area contributed by atoms with E-state index in [4.69, 9.17) is 10.5 Å². The number of thiazole rings is 2. The van der Waals surface area contributed by atoms with E-state index in [0.29, 0.717) is 25.3 Å². The number of nitrogens with two attached hydrogens (primary N) is 1. The monoisotopic (exact) mass is 706 g/mol. The molecule has 0 radical (unpaired) electrons. The third kappa shape index (κ3) is 11.9. The highest BCUT2D eigenvalue weighted by atomic mass is 32.1. The van der Waals surface area contributed by atoms with Gasteiger partial charge in [0.2, 0.25) is 0 Å². The van der Waals surface area contributed by atoms with Gasteiger partial charge in [-0.2, -0.15) is 0 Å². The molecule has 2 aromatic carbocycles. The van der Waals surface area contributed by atoms with E-state index in [1.165, 1.54) is 11.3 Å². The Balaban J connectivity index is 1.51. The van der Waals surface area contributed by atoms with E-state index in [9.17, 15) is 14.7 Å². The number of urea groups is 1. The number of carbonyl (C=O) groups is 2. The van der Waals surface area contributed by atoms with Gasteiger partial charge >= 0.3 is 12.1 Å². The maximum absolute atomic E-state index is 13.5. The third-order valence-corrected chi connectivity index (χ3v) is 10.5. The van der Waals surface area contributed by atoms with Gasteiger partial charge in [0.05, 0.1) is 39.8 Å². The summed E-state index contributed by atoms with van der Waals surface area (Å²) in [4.78, 5) is 37.6. The zero-order valence-electron chi connectivity index (χ0n) is 29.0. The fraction of sp³-hybridized carbons (Fsp3) is 0.459. The molecule has 0 saturated carbocycles. The smallest absolute Gasteiger partial charge is 0.407 e. The van der Waals surface area contributed by atoms with Gasteiger partial charge in [-0.3, -0.25) is 4.98 Å². The van der Waals surface area contributed by atoms with Crippen molar-refractivity contribution in [2.45, 2.75) is 90.3 Å². The number of amides is 3. The molecule has 0 aliphatic carbocycles. The van der Waals surface area contributed by atoms with Crippen molar-refractivity contribution in [3.05, 3.63) is 104 Å². The van der Waals surface area contributed by atoms with E-state index in [0.717, 1.165) is 26.7 Å². The summed E-state index contributed by atoms with van der Waals surface area (Å²) in [7, 11) is 1.76. The molecule has 1 unspecified atom stereocenters. The fourth-order valence-electron chi connectivity index (χ4n) is 5.79. The molecule has 5 atom stereocenters. The fourth-order valence-corrected chi connectivity index (χ4v) is 7.12. The van der Waals surface area contributed by atoms with Gasteiger partial charge in [0.25, 0.3) is 0 Å². The second-order valence-electron chi connectivity index (χ2n) is 13.2. The van der Waals surface area contributed by atoms with Crippen molar-refractivity contribution in [1.29, 1.82) is 0 Å². The molecule has 0 spiro atoms. The molecule has 49 heavy (non-hydrogen) atoms. The Morgan fingerprint density at radius 1 is 0.959 bits per heavy atom. The van der Waals surface area contributed by atoms with Gasteiger partial charge in [0.1, 0.15) is 6.61 Å². The lowest BCUT2D eigenvalue weighted by Crippen LogP contribution is -2.57. The van der Waals surface area contributed by atoms with Crippen LogP contribution in [0.15, 0.2) is 77.8 Å². The van der Waals surface area contributed by atoms with Crippen LogP contribution >= 0.6 is 22.7 Å². The van der Waals surface area contributed by atoms with Gasteiger partial charge < -0.3 is 31.1 Å². The Hall–Kier alpha value is -3.84. The Morgan fingerprint density at radius 3 is 2.18 bits per heavy atom. The number of aliphatic hydroxyl groups is 1. The molecule has 4 rings (SSSR count). The van der Waals surface area contributed by atoms with Crippen LogP contribution in [0.5, 0.6) is 0 Å². The number of nitrogens with zero attached hydrogens (tertiary/aromatic N) is 3. The van der Waals surface area contributed by atoms with E-state index in [2.05, 4.69) is 34.4 Å². The van der Waals surface area contributed by atoms with Gasteiger partial charge in [0.15, 0.2) is 0 Å². The van der Waals surface area contributed by atoms with Gasteiger partial charge in [-0.05, 0) is 42.2 Å². The lowest BCUT2D eigenvalue weighted by Gasteiger charge is -2.37. The summed E-state index contributed by atoms with van der Waals surface area (Å²) >= 11 is 3.01. The number of carbonyl (C=O) groups excluding carboxylic acids is 2. The van der Waals surface area contributed by atoms with E-state index in [-0.39, 0.29) is 36.9 Å². The number of nitrogens with one attached hydrogen (secondary N) is 2. The second kappa shape index (κ2) is 18.8. The largest absolute Gasteiger partial charge is 0.444 e. The van der Waals surface area contributed by atoms with E-state index < -0.39 is 24.3 Å². The van der Waals surface area contributed by atoms with Crippen molar-refractivity contribution in [3.63, 3.8) is 0 Å². The summed E-state index contributed by atoms with van der Waals surface area (Å²) in [6.45, 7) is 8.76. The molecular formula is C37H50N6O4S2. The van der Waals surface area contributed by atoms with Gasteiger partial charge in [-0.15, -0.1) is 22.7 Å². The molecule has 2 aromatic heterocycles. The molecular weight excluding hydrogens is 657 g/mol. The van der Waals surface area contributed by atoms with E-state index in [1.54, 1.807) is 35.0 Å². The molecule has 10 nitrogen and oxygen atoms in total. The van der Waals surface area contributed by atoms with Crippen LogP contribution in [-0.2, 0) is 30.7 Å². The van der Waals surface area contributed by atoms with Crippen molar-refractivity contribution in [2.75, 3.05) is 7.05 Å². The lowest BCUT2D eigenvalue weighted by atomic mass is 9.79. The van der Waals surface area contributed by atoms with Crippen molar-refractivity contribution in [3.8, 4) is 0 Å². The number of ether oxygens (including phenoxy) is 1. The molecule has 0 fully saturated rings. The number of benzene rings is 2. The van der Waals surface area contributed by atoms with Crippen molar-refractivity contribution in [1.82, 2.24) is 25.5 Å². The maximum Gasteiger partial charge on any atom is 0.407 e. The normalized spacial score (nSPS) is 14.6. The van der Waals surface area contributed by atoms with Crippen LogP contribution in [-0.4, -0.2) is 63.4 Å². The Morgan fingerprint density at radius 2 is 1.61 bits per heavy atom. The Labute approximate surface area is 298 Å². The summed E-state index contributed by atoms with van der Waals surface area (Å²) < 4.78 is 5.47. The molecule has 12 heteroatoms. The Kier molecular flexibility index (Phi) is 14.6. The van der Waals surface area contributed by atoms with Crippen LogP contribution < -0.4 is 16.4 Å². The van der Waals surface area contributed by atoms with Crippen LogP contribution in [0.1, 0.15) is 66.7 Å². The third-order valence-electron chi connectivity index (χ3n) is 8.56. The predicted octanol–water partition coefficient (Wildman–Crippen LogP) is 6.36. The van der Waals surface area contributed by atoms with Crippen LogP contribution in [0.3, 0.4) is 0 Å². The van der Waals surface area contributed by atoms with Crippen molar-refractivity contribution in [2.24, 2.45) is 17.6 Å². The van der Waals surface area contributed by atoms with Gasteiger partial charge in [-0.1, -0.05) is 88.4 Å². The van der Waals surface area contributed by atoms with Gasteiger partial charge in [-0.25, -0.2) is 14.6 Å². The quantitative estimate of drug-likeness (QED) is 0.100. The molecule has 264 valence electrons. The molecule has 0 saturated heterocycles. The first-order valence-corrected chi connectivity index (χ1v) is 18.5. The van der Waals surface area contributed by atoms with Crippen molar-refractivity contribution < 1.29 is 19.4 Å². The highest BCUT2D eigenvalue weighted by molar-refractivity contribution is 7.09. The van der Waals surface area contributed by atoms with Gasteiger partial charge in [0, 0.05) is 36.6 Å². The van der Waals surface area contributed by atoms with Crippen LogP contribution in [0, 0.1) is 11.8 Å². The van der Waals surface area contributed by atoms with E-state index >= 15 is 0 Å².